The molecule has 60 heavy (non-hydrogen) atoms. The Bertz CT molecular complexity index is 3250. The van der Waals surface area contributed by atoms with Gasteiger partial charge in [-0.05, 0) is 80.4 Å². The summed E-state index contributed by atoms with van der Waals surface area (Å²) in [5.41, 5.74) is 19.1. The van der Waals surface area contributed by atoms with Crippen LogP contribution in [-0.4, -0.2) is 4.57 Å². The Balaban J connectivity index is 1.24. The SMILES string of the molecule is CC1(C)c2ccccc2-c2c(N(c3ccccc3-c3ccccc3)c3cccc4c3c3ccccc3n4C3(c4ccccc4)c4ccccc4-c4ccccc43)cccc21. The third-order valence-corrected chi connectivity index (χ3v) is 13.4. The Hall–Kier alpha value is -7.42. The predicted molar refractivity (Wildman–Crippen MR) is 251 cm³/mol. The van der Waals surface area contributed by atoms with Gasteiger partial charge in [0.1, 0.15) is 5.54 Å². The number of nitrogens with zero attached hydrogens (tertiary/aromatic N) is 2. The van der Waals surface area contributed by atoms with Gasteiger partial charge in [-0.1, -0.05) is 202 Å². The molecule has 2 nitrogen and oxygen atoms in total. The number of benzene rings is 9. The third kappa shape index (κ3) is 4.65. The first-order valence-corrected chi connectivity index (χ1v) is 21.0. The van der Waals surface area contributed by atoms with E-state index in [1.807, 2.05) is 0 Å². The Morgan fingerprint density at radius 2 is 0.867 bits per heavy atom. The van der Waals surface area contributed by atoms with Gasteiger partial charge in [0, 0.05) is 27.3 Å². The van der Waals surface area contributed by atoms with Crippen molar-refractivity contribution in [3.8, 4) is 33.4 Å². The quantitative estimate of drug-likeness (QED) is 0.164. The highest BCUT2D eigenvalue weighted by Crippen LogP contribution is 2.59. The van der Waals surface area contributed by atoms with Crippen molar-refractivity contribution >= 4 is 38.9 Å². The Morgan fingerprint density at radius 1 is 0.367 bits per heavy atom. The van der Waals surface area contributed by atoms with Crippen LogP contribution in [0, 0.1) is 0 Å². The van der Waals surface area contributed by atoms with E-state index in [4.69, 9.17) is 0 Å². The van der Waals surface area contributed by atoms with Gasteiger partial charge in [0.25, 0.3) is 0 Å². The number of hydrogen-bond acceptors (Lipinski definition) is 1. The van der Waals surface area contributed by atoms with Crippen molar-refractivity contribution < 1.29 is 0 Å². The van der Waals surface area contributed by atoms with Crippen LogP contribution in [0.5, 0.6) is 0 Å². The number of hydrogen-bond donors (Lipinski definition) is 0. The van der Waals surface area contributed by atoms with Crippen LogP contribution in [0.25, 0.3) is 55.2 Å². The molecule has 0 amide bonds. The molecule has 9 aromatic carbocycles. The number of fused-ring (bicyclic) bond motifs is 9. The van der Waals surface area contributed by atoms with Gasteiger partial charge < -0.3 is 9.47 Å². The van der Waals surface area contributed by atoms with E-state index in [1.165, 1.54) is 88.7 Å². The standard InChI is InChI=1S/C58H42N2/c1-57(2)46-30-14-11-28-44(46)55-49(57)33-19-36-52(55)59(50-34-17-12-25-41(50)39-21-5-3-6-22-39)53-37-20-38-54-56(53)45-29-13-18-35-51(45)60(54)58(40-23-7-4-8-24-40)47-31-15-9-26-42(47)43-27-10-16-32-48(43)58/h3-38H,1-2H3. The summed E-state index contributed by atoms with van der Waals surface area (Å²) in [5.74, 6) is 0. The molecule has 2 heteroatoms. The average molecular weight is 767 g/mol. The summed E-state index contributed by atoms with van der Waals surface area (Å²) >= 11 is 0. The smallest absolute Gasteiger partial charge is 0.122 e. The van der Waals surface area contributed by atoms with Crippen LogP contribution in [0.2, 0.25) is 0 Å². The molecule has 0 unspecified atom stereocenters. The van der Waals surface area contributed by atoms with Crippen molar-refractivity contribution in [2.45, 2.75) is 24.8 Å². The molecule has 12 rings (SSSR count). The van der Waals surface area contributed by atoms with Crippen molar-refractivity contribution in [1.29, 1.82) is 0 Å². The molecule has 0 fully saturated rings. The zero-order valence-corrected chi connectivity index (χ0v) is 33.7. The molecular formula is C58H42N2. The molecule has 0 saturated carbocycles. The Labute approximate surface area is 351 Å². The maximum atomic E-state index is 2.66. The molecule has 0 bridgehead atoms. The second-order valence-corrected chi connectivity index (χ2v) is 16.8. The van der Waals surface area contributed by atoms with Gasteiger partial charge in [0.05, 0.1) is 28.1 Å². The summed E-state index contributed by atoms with van der Waals surface area (Å²) in [4.78, 5) is 2.57. The molecule has 0 saturated heterocycles. The zero-order chi connectivity index (χ0) is 40.0. The van der Waals surface area contributed by atoms with Crippen LogP contribution < -0.4 is 4.90 Å². The fraction of sp³-hybridized carbons (Fsp3) is 0.0690. The zero-order valence-electron chi connectivity index (χ0n) is 33.7. The number of aromatic nitrogens is 1. The molecule has 2 aliphatic rings. The largest absolute Gasteiger partial charge is 0.322 e. The third-order valence-electron chi connectivity index (χ3n) is 13.4. The van der Waals surface area contributed by atoms with Gasteiger partial charge >= 0.3 is 0 Å². The lowest BCUT2D eigenvalue weighted by atomic mass is 9.80. The second kappa shape index (κ2) is 13.0. The van der Waals surface area contributed by atoms with Crippen LogP contribution in [0.15, 0.2) is 218 Å². The van der Waals surface area contributed by atoms with Crippen molar-refractivity contribution in [2.75, 3.05) is 4.90 Å². The lowest BCUT2D eigenvalue weighted by molar-refractivity contribution is 0.564. The predicted octanol–water partition coefficient (Wildman–Crippen LogP) is 15.1. The fourth-order valence-corrected chi connectivity index (χ4v) is 11.0. The number of anilines is 3. The van der Waals surface area contributed by atoms with Crippen molar-refractivity contribution in [3.63, 3.8) is 0 Å². The summed E-state index contributed by atoms with van der Waals surface area (Å²) in [6.07, 6.45) is 0. The maximum absolute atomic E-state index is 2.66. The molecule has 0 N–H and O–H groups in total. The maximum Gasteiger partial charge on any atom is 0.122 e. The molecule has 0 atom stereocenters. The molecule has 284 valence electrons. The van der Waals surface area contributed by atoms with Gasteiger partial charge in [-0.2, -0.15) is 0 Å². The molecule has 10 aromatic rings. The van der Waals surface area contributed by atoms with Crippen LogP contribution in [0.4, 0.5) is 17.1 Å². The summed E-state index contributed by atoms with van der Waals surface area (Å²) in [6.45, 7) is 4.75. The van der Waals surface area contributed by atoms with Crippen molar-refractivity contribution in [1.82, 2.24) is 4.57 Å². The van der Waals surface area contributed by atoms with Crippen molar-refractivity contribution in [3.05, 3.63) is 246 Å². The topological polar surface area (TPSA) is 8.17 Å². The van der Waals surface area contributed by atoms with Crippen molar-refractivity contribution in [2.24, 2.45) is 0 Å². The minimum absolute atomic E-state index is 0.153. The summed E-state index contributed by atoms with van der Waals surface area (Å²) in [5, 5.41) is 2.44. The highest BCUT2D eigenvalue weighted by molar-refractivity contribution is 6.17. The van der Waals surface area contributed by atoms with Gasteiger partial charge in [-0.15, -0.1) is 0 Å². The van der Waals surface area contributed by atoms with E-state index in [-0.39, 0.29) is 5.41 Å². The second-order valence-electron chi connectivity index (χ2n) is 16.8. The van der Waals surface area contributed by atoms with Gasteiger partial charge in [0.15, 0.2) is 0 Å². The van der Waals surface area contributed by atoms with Gasteiger partial charge in [-0.25, -0.2) is 0 Å². The Kier molecular flexibility index (Phi) is 7.52. The summed E-state index contributed by atoms with van der Waals surface area (Å²) < 4.78 is 2.66. The highest BCUT2D eigenvalue weighted by atomic mass is 15.2. The van der Waals surface area contributed by atoms with Gasteiger partial charge in [0.2, 0.25) is 0 Å². The van der Waals surface area contributed by atoms with E-state index in [1.54, 1.807) is 0 Å². The van der Waals surface area contributed by atoms with Gasteiger partial charge in [-0.3, -0.25) is 0 Å². The molecular weight excluding hydrogens is 725 g/mol. The monoisotopic (exact) mass is 766 g/mol. The molecule has 1 aromatic heterocycles. The normalized spacial score (nSPS) is 14.1. The van der Waals surface area contributed by atoms with E-state index < -0.39 is 5.54 Å². The molecule has 1 heterocycles. The van der Waals surface area contributed by atoms with Crippen LogP contribution in [0.1, 0.15) is 41.7 Å². The number of rotatable bonds is 6. The fourth-order valence-electron chi connectivity index (χ4n) is 11.0. The first-order chi connectivity index (χ1) is 29.6. The summed E-state index contributed by atoms with van der Waals surface area (Å²) in [7, 11) is 0. The van der Waals surface area contributed by atoms with Crippen LogP contribution in [0.3, 0.4) is 0 Å². The van der Waals surface area contributed by atoms with E-state index >= 15 is 0 Å². The van der Waals surface area contributed by atoms with E-state index in [2.05, 4.69) is 242 Å². The lowest BCUT2D eigenvalue weighted by Crippen LogP contribution is -2.35. The number of para-hydroxylation sites is 2. The summed E-state index contributed by atoms with van der Waals surface area (Å²) in [6, 6.07) is 81.0. The lowest BCUT2D eigenvalue weighted by Gasteiger charge is -2.36. The van der Waals surface area contributed by atoms with E-state index in [9.17, 15) is 0 Å². The van der Waals surface area contributed by atoms with E-state index in [0.717, 1.165) is 11.4 Å². The molecule has 0 radical (unpaired) electrons. The minimum atomic E-state index is -0.641. The van der Waals surface area contributed by atoms with Crippen LogP contribution in [-0.2, 0) is 11.0 Å². The first-order valence-electron chi connectivity index (χ1n) is 21.0. The van der Waals surface area contributed by atoms with Crippen LogP contribution >= 0.6 is 0 Å². The average Bonchev–Trinajstić information content (AvgIpc) is 3.89. The molecule has 0 aliphatic heterocycles. The Morgan fingerprint density at radius 3 is 1.60 bits per heavy atom. The highest BCUT2D eigenvalue weighted by Gasteiger charge is 2.48. The molecule has 0 spiro atoms. The minimum Gasteiger partial charge on any atom is -0.322 e. The molecule has 2 aliphatic carbocycles. The van der Waals surface area contributed by atoms with E-state index in [0.29, 0.717) is 0 Å². The first kappa shape index (κ1) is 34.6.